The lowest BCUT2D eigenvalue weighted by atomic mass is 10.2. The number of carboxylic acids is 1. The summed E-state index contributed by atoms with van der Waals surface area (Å²) in [6.07, 6.45) is -0.703. The van der Waals surface area contributed by atoms with Crippen molar-refractivity contribution >= 4 is 39.3 Å². The molecular formula is C11H13BrN2O4S. The first-order chi connectivity index (χ1) is 8.99. The molecule has 1 aromatic heterocycles. The molecule has 1 fully saturated rings. The summed E-state index contributed by atoms with van der Waals surface area (Å²) < 4.78 is 0.911. The first kappa shape index (κ1) is 14.3. The number of amides is 2. The molecule has 1 saturated heterocycles. The summed E-state index contributed by atoms with van der Waals surface area (Å²) in [6.45, 7) is 0.379. The molecule has 0 spiro atoms. The van der Waals surface area contributed by atoms with Gasteiger partial charge < -0.3 is 20.4 Å². The number of β-amino-alcohol motifs (C(OH)–C–C–N with tert-alkyl or cyclic N) is 1. The number of carbonyl (C=O) groups excluding carboxylic acids is 1. The lowest BCUT2D eigenvalue weighted by Gasteiger charge is -2.21. The largest absolute Gasteiger partial charge is 0.480 e. The molecule has 1 aliphatic rings. The van der Waals surface area contributed by atoms with Crippen LogP contribution in [-0.2, 0) is 11.3 Å². The van der Waals surface area contributed by atoms with E-state index in [1.54, 1.807) is 0 Å². The predicted molar refractivity (Wildman–Crippen MR) is 73.0 cm³/mol. The molecule has 1 aliphatic heterocycles. The van der Waals surface area contributed by atoms with Gasteiger partial charge in [-0.2, -0.15) is 0 Å². The summed E-state index contributed by atoms with van der Waals surface area (Å²) >= 11 is 4.85. The van der Waals surface area contributed by atoms with Crippen molar-refractivity contribution in [2.45, 2.75) is 25.1 Å². The first-order valence-corrected chi connectivity index (χ1v) is 7.33. The summed E-state index contributed by atoms with van der Waals surface area (Å²) in [5.74, 6) is -1.09. The maximum atomic E-state index is 11.9. The second-order valence-corrected chi connectivity index (χ2v) is 6.10. The average molecular weight is 349 g/mol. The summed E-state index contributed by atoms with van der Waals surface area (Å²) in [6, 6.07) is 0.456. The van der Waals surface area contributed by atoms with Crippen molar-refractivity contribution < 1.29 is 19.8 Å². The van der Waals surface area contributed by atoms with Crippen molar-refractivity contribution in [3.63, 3.8) is 0 Å². The molecule has 0 radical (unpaired) electrons. The van der Waals surface area contributed by atoms with Gasteiger partial charge >= 0.3 is 12.0 Å². The van der Waals surface area contributed by atoms with E-state index >= 15 is 0 Å². The Bertz CT molecular complexity index is 493. The zero-order valence-electron chi connectivity index (χ0n) is 9.88. The van der Waals surface area contributed by atoms with Gasteiger partial charge in [0.2, 0.25) is 0 Å². The minimum atomic E-state index is -1.09. The number of aliphatic hydroxyl groups is 1. The molecule has 2 heterocycles. The molecule has 2 rings (SSSR count). The lowest BCUT2D eigenvalue weighted by Crippen LogP contribution is -2.45. The van der Waals surface area contributed by atoms with Gasteiger partial charge in [-0.05, 0) is 27.4 Å². The third-order valence-corrected chi connectivity index (χ3v) is 4.84. The number of rotatable bonds is 3. The molecule has 2 unspecified atom stereocenters. The van der Waals surface area contributed by atoms with Crippen LogP contribution in [0.4, 0.5) is 4.79 Å². The number of aliphatic hydroxyl groups excluding tert-OH is 1. The molecule has 104 valence electrons. The maximum absolute atomic E-state index is 11.9. The van der Waals surface area contributed by atoms with Crippen molar-refractivity contribution in [3.8, 4) is 0 Å². The number of hydrogen-bond acceptors (Lipinski definition) is 4. The third-order valence-electron chi connectivity index (χ3n) is 2.92. The van der Waals surface area contributed by atoms with E-state index in [1.807, 2.05) is 11.4 Å². The third kappa shape index (κ3) is 3.26. The molecule has 0 aliphatic carbocycles. The number of nitrogens with one attached hydrogen (secondary N) is 1. The van der Waals surface area contributed by atoms with Gasteiger partial charge in [-0.1, -0.05) is 0 Å². The Kier molecular flexibility index (Phi) is 4.43. The number of aliphatic carboxylic acids is 1. The number of thiophene rings is 1. The summed E-state index contributed by atoms with van der Waals surface area (Å²) in [5, 5.41) is 23.0. The number of carboxylic acid groups (broad SMARTS) is 1. The predicted octanol–water partition coefficient (Wildman–Crippen LogP) is 1.24. The first-order valence-electron chi connectivity index (χ1n) is 5.66. The van der Waals surface area contributed by atoms with E-state index in [1.165, 1.54) is 11.3 Å². The average Bonchev–Trinajstić information content (AvgIpc) is 2.92. The van der Waals surface area contributed by atoms with E-state index in [4.69, 9.17) is 5.11 Å². The zero-order chi connectivity index (χ0) is 14.0. The highest BCUT2D eigenvalue weighted by Gasteiger charge is 2.38. The van der Waals surface area contributed by atoms with Crippen molar-refractivity contribution in [1.82, 2.24) is 10.2 Å². The molecule has 3 N–H and O–H groups in total. The normalized spacial score (nSPS) is 22.5. The molecular weight excluding hydrogens is 336 g/mol. The van der Waals surface area contributed by atoms with Gasteiger partial charge in [0, 0.05) is 22.3 Å². The SMILES string of the molecule is O=C(O)C1CC(O)CN1C(=O)NCc1sccc1Br. The van der Waals surface area contributed by atoms with Crippen LogP contribution in [0, 0.1) is 0 Å². The Morgan fingerprint density at radius 2 is 2.32 bits per heavy atom. The van der Waals surface area contributed by atoms with Crippen LogP contribution in [0.1, 0.15) is 11.3 Å². The van der Waals surface area contributed by atoms with Crippen molar-refractivity contribution in [1.29, 1.82) is 0 Å². The lowest BCUT2D eigenvalue weighted by molar-refractivity contribution is -0.141. The summed E-state index contributed by atoms with van der Waals surface area (Å²) in [5.41, 5.74) is 0. The fourth-order valence-corrected chi connectivity index (χ4v) is 3.41. The Hall–Kier alpha value is -1.12. The smallest absolute Gasteiger partial charge is 0.326 e. The molecule has 0 bridgehead atoms. The van der Waals surface area contributed by atoms with E-state index in [0.29, 0.717) is 6.54 Å². The van der Waals surface area contributed by atoms with Gasteiger partial charge in [0.1, 0.15) is 6.04 Å². The van der Waals surface area contributed by atoms with Crippen LogP contribution < -0.4 is 5.32 Å². The Balaban J connectivity index is 1.96. The molecule has 0 saturated carbocycles. The highest BCUT2D eigenvalue weighted by molar-refractivity contribution is 9.10. The number of urea groups is 1. The number of nitrogens with zero attached hydrogens (tertiary/aromatic N) is 1. The fraction of sp³-hybridized carbons (Fsp3) is 0.455. The van der Waals surface area contributed by atoms with Crippen LogP contribution in [0.15, 0.2) is 15.9 Å². The Morgan fingerprint density at radius 1 is 1.58 bits per heavy atom. The zero-order valence-corrected chi connectivity index (χ0v) is 12.3. The van der Waals surface area contributed by atoms with Gasteiger partial charge in [-0.3, -0.25) is 0 Å². The second-order valence-electron chi connectivity index (χ2n) is 4.25. The standard InChI is InChI=1S/C11H13BrN2O4S/c12-7-1-2-19-9(7)4-13-11(18)14-5-6(15)3-8(14)10(16)17/h1-2,6,8,15H,3-5H2,(H,13,18)(H,16,17). The van der Waals surface area contributed by atoms with E-state index < -0.39 is 24.1 Å². The van der Waals surface area contributed by atoms with Gasteiger partial charge in [-0.15, -0.1) is 11.3 Å². The Labute approximate surface area is 122 Å². The topological polar surface area (TPSA) is 89.9 Å². The molecule has 8 heteroatoms. The summed E-state index contributed by atoms with van der Waals surface area (Å²) in [4.78, 5) is 25.1. The van der Waals surface area contributed by atoms with E-state index in [2.05, 4.69) is 21.2 Å². The number of halogens is 1. The molecule has 1 aromatic rings. The summed E-state index contributed by atoms with van der Waals surface area (Å²) in [7, 11) is 0. The van der Waals surface area contributed by atoms with Crippen LogP contribution in [0.25, 0.3) is 0 Å². The molecule has 6 nitrogen and oxygen atoms in total. The molecule has 0 aromatic carbocycles. The fourth-order valence-electron chi connectivity index (χ4n) is 1.98. The van der Waals surface area contributed by atoms with Crippen LogP contribution in [-0.4, -0.2) is 45.8 Å². The second kappa shape index (κ2) is 5.89. The number of carbonyl (C=O) groups is 2. The van der Waals surface area contributed by atoms with Gasteiger partial charge in [0.05, 0.1) is 12.6 Å². The van der Waals surface area contributed by atoms with Crippen LogP contribution in [0.3, 0.4) is 0 Å². The van der Waals surface area contributed by atoms with Crippen LogP contribution in [0.5, 0.6) is 0 Å². The molecule has 2 atom stereocenters. The minimum Gasteiger partial charge on any atom is -0.480 e. The molecule has 19 heavy (non-hydrogen) atoms. The maximum Gasteiger partial charge on any atom is 0.326 e. The highest BCUT2D eigenvalue weighted by atomic mass is 79.9. The van der Waals surface area contributed by atoms with Gasteiger partial charge in [-0.25, -0.2) is 9.59 Å². The van der Waals surface area contributed by atoms with E-state index in [9.17, 15) is 14.7 Å². The van der Waals surface area contributed by atoms with Crippen molar-refractivity contribution in [3.05, 3.63) is 20.8 Å². The monoisotopic (exact) mass is 348 g/mol. The Morgan fingerprint density at radius 3 is 2.89 bits per heavy atom. The van der Waals surface area contributed by atoms with Gasteiger partial charge in [0.25, 0.3) is 0 Å². The van der Waals surface area contributed by atoms with E-state index in [0.717, 1.165) is 14.2 Å². The number of hydrogen-bond donors (Lipinski definition) is 3. The van der Waals surface area contributed by atoms with E-state index in [-0.39, 0.29) is 13.0 Å². The quantitative estimate of drug-likeness (QED) is 0.766. The van der Waals surface area contributed by atoms with Crippen LogP contribution in [0.2, 0.25) is 0 Å². The van der Waals surface area contributed by atoms with Gasteiger partial charge in [0.15, 0.2) is 0 Å². The molecule has 2 amide bonds. The van der Waals surface area contributed by atoms with Crippen molar-refractivity contribution in [2.24, 2.45) is 0 Å². The number of likely N-dealkylation sites (tertiary alicyclic amines) is 1. The van der Waals surface area contributed by atoms with Crippen molar-refractivity contribution in [2.75, 3.05) is 6.54 Å². The van der Waals surface area contributed by atoms with Crippen LogP contribution >= 0.6 is 27.3 Å². The minimum absolute atomic E-state index is 0.0500. The highest BCUT2D eigenvalue weighted by Crippen LogP contribution is 2.23.